The van der Waals surface area contributed by atoms with Gasteiger partial charge in [-0.2, -0.15) is 0 Å². The van der Waals surface area contributed by atoms with Gasteiger partial charge in [0.25, 0.3) is 5.91 Å². The molecule has 0 bridgehead atoms. The van der Waals surface area contributed by atoms with Crippen molar-refractivity contribution in [3.8, 4) is 11.1 Å². The zero-order chi connectivity index (χ0) is 19.9. The molecular formula is C25H23N2O2+. The number of hydrogen-bond donors (Lipinski definition) is 2. The van der Waals surface area contributed by atoms with E-state index in [0.717, 1.165) is 28.1 Å². The van der Waals surface area contributed by atoms with Crippen molar-refractivity contribution in [3.05, 3.63) is 115 Å². The minimum absolute atomic E-state index is 0.0548. The Morgan fingerprint density at radius 3 is 2.24 bits per heavy atom. The van der Waals surface area contributed by atoms with E-state index in [1.54, 1.807) is 6.26 Å². The van der Waals surface area contributed by atoms with Crippen molar-refractivity contribution in [2.45, 2.75) is 6.04 Å². The molecule has 29 heavy (non-hydrogen) atoms. The first kappa shape index (κ1) is 18.7. The maximum atomic E-state index is 12.7. The normalized spacial score (nSPS) is 11.7. The van der Waals surface area contributed by atoms with Crippen molar-refractivity contribution in [1.82, 2.24) is 0 Å². The van der Waals surface area contributed by atoms with E-state index in [1.807, 2.05) is 102 Å². The van der Waals surface area contributed by atoms with Gasteiger partial charge in [0.05, 0.1) is 6.26 Å². The lowest BCUT2D eigenvalue weighted by atomic mass is 10.0. The van der Waals surface area contributed by atoms with Crippen LogP contribution in [-0.4, -0.2) is 12.5 Å². The SMILES string of the molecule is O=C(C[NH2+][C@@H](c1ccccc1)c1ccco1)Nc1ccccc1-c1ccccc1. The zero-order valence-corrected chi connectivity index (χ0v) is 16.0. The molecule has 0 saturated heterocycles. The summed E-state index contributed by atoms with van der Waals surface area (Å²) in [5.74, 6) is 0.773. The van der Waals surface area contributed by atoms with Gasteiger partial charge in [0.2, 0.25) is 0 Å². The van der Waals surface area contributed by atoms with Crippen LogP contribution in [0.15, 0.2) is 108 Å². The molecule has 0 unspecified atom stereocenters. The molecule has 4 nitrogen and oxygen atoms in total. The Balaban J connectivity index is 1.48. The Bertz CT molecular complexity index is 1040. The summed E-state index contributed by atoms with van der Waals surface area (Å²) in [5, 5.41) is 5.06. The third kappa shape index (κ3) is 4.62. The topological polar surface area (TPSA) is 58.9 Å². The van der Waals surface area contributed by atoms with Gasteiger partial charge >= 0.3 is 0 Å². The van der Waals surface area contributed by atoms with E-state index in [0.29, 0.717) is 0 Å². The third-order valence-electron chi connectivity index (χ3n) is 4.83. The summed E-state index contributed by atoms with van der Waals surface area (Å²) in [6, 6.07) is 31.7. The van der Waals surface area contributed by atoms with Crippen molar-refractivity contribution in [2.24, 2.45) is 0 Å². The molecule has 0 radical (unpaired) electrons. The molecule has 4 aromatic rings. The standard InChI is InChI=1S/C25H22N2O2/c28-24(27-22-15-8-7-14-21(22)19-10-3-1-4-11-19)18-26-25(23-16-9-17-29-23)20-12-5-2-6-13-20/h1-17,25-26H,18H2,(H,27,28)/p+1/t25-/m0/s1. The molecule has 0 spiro atoms. The summed E-state index contributed by atoms with van der Waals surface area (Å²) in [7, 11) is 0. The Morgan fingerprint density at radius 2 is 1.52 bits per heavy atom. The van der Waals surface area contributed by atoms with Gasteiger partial charge < -0.3 is 15.1 Å². The summed E-state index contributed by atoms with van der Waals surface area (Å²) in [5.41, 5.74) is 3.99. The van der Waals surface area contributed by atoms with Crippen molar-refractivity contribution in [2.75, 3.05) is 11.9 Å². The number of para-hydroxylation sites is 1. The van der Waals surface area contributed by atoms with Gasteiger partial charge in [-0.1, -0.05) is 78.9 Å². The average molecular weight is 383 g/mol. The number of nitrogens with one attached hydrogen (secondary N) is 1. The Kier molecular flexibility index (Phi) is 5.84. The average Bonchev–Trinajstić information content (AvgIpc) is 3.30. The monoisotopic (exact) mass is 383 g/mol. The second-order valence-corrected chi connectivity index (χ2v) is 6.80. The van der Waals surface area contributed by atoms with Crippen molar-refractivity contribution < 1.29 is 14.5 Å². The fourth-order valence-electron chi connectivity index (χ4n) is 3.43. The molecule has 1 aromatic heterocycles. The van der Waals surface area contributed by atoms with Gasteiger partial charge in [-0.25, -0.2) is 0 Å². The molecule has 1 atom stereocenters. The molecule has 3 aromatic carbocycles. The Morgan fingerprint density at radius 1 is 0.828 bits per heavy atom. The highest BCUT2D eigenvalue weighted by Crippen LogP contribution is 2.27. The van der Waals surface area contributed by atoms with E-state index in [1.165, 1.54) is 0 Å². The molecule has 0 aliphatic heterocycles. The molecule has 4 heteroatoms. The minimum atomic E-state index is -0.0682. The first-order valence-electron chi connectivity index (χ1n) is 9.67. The van der Waals surface area contributed by atoms with E-state index in [2.05, 4.69) is 5.32 Å². The molecule has 3 N–H and O–H groups in total. The molecule has 144 valence electrons. The molecule has 0 fully saturated rings. The zero-order valence-electron chi connectivity index (χ0n) is 16.0. The molecule has 0 aliphatic carbocycles. The summed E-state index contributed by atoms with van der Waals surface area (Å²) >= 11 is 0. The number of hydrogen-bond acceptors (Lipinski definition) is 2. The van der Waals surface area contributed by atoms with Crippen LogP contribution in [0, 0.1) is 0 Å². The van der Waals surface area contributed by atoms with Gasteiger partial charge in [-0.05, 0) is 23.8 Å². The Hall–Kier alpha value is -3.63. The van der Waals surface area contributed by atoms with Crippen LogP contribution in [0.2, 0.25) is 0 Å². The maximum Gasteiger partial charge on any atom is 0.279 e. The van der Waals surface area contributed by atoms with Crippen LogP contribution in [0.5, 0.6) is 0 Å². The second kappa shape index (κ2) is 9.04. The number of furan rings is 1. The van der Waals surface area contributed by atoms with Crippen LogP contribution in [0.4, 0.5) is 5.69 Å². The van der Waals surface area contributed by atoms with Crippen LogP contribution in [0.3, 0.4) is 0 Å². The van der Waals surface area contributed by atoms with Gasteiger partial charge in [0.15, 0.2) is 18.3 Å². The minimum Gasteiger partial charge on any atom is -0.463 e. The number of carbonyl (C=O) groups is 1. The number of nitrogens with two attached hydrogens (primary N) is 1. The fraction of sp³-hybridized carbons (Fsp3) is 0.0800. The lowest BCUT2D eigenvalue weighted by Crippen LogP contribution is -2.87. The number of amides is 1. The summed E-state index contributed by atoms with van der Waals surface area (Å²) in [6.07, 6.45) is 1.66. The summed E-state index contributed by atoms with van der Waals surface area (Å²) in [6.45, 7) is 0.281. The van der Waals surface area contributed by atoms with E-state index in [9.17, 15) is 4.79 Å². The van der Waals surface area contributed by atoms with Crippen molar-refractivity contribution in [3.63, 3.8) is 0 Å². The predicted octanol–water partition coefficient (Wildman–Crippen LogP) is 4.24. The van der Waals surface area contributed by atoms with Crippen LogP contribution in [0.25, 0.3) is 11.1 Å². The highest BCUT2D eigenvalue weighted by molar-refractivity contribution is 5.95. The predicted molar refractivity (Wildman–Crippen MR) is 114 cm³/mol. The van der Waals surface area contributed by atoms with Crippen LogP contribution in [-0.2, 0) is 4.79 Å². The first-order chi connectivity index (χ1) is 14.3. The quantitative estimate of drug-likeness (QED) is 0.502. The molecule has 0 aliphatic rings. The van der Waals surface area contributed by atoms with Gasteiger partial charge in [0.1, 0.15) is 0 Å². The molecule has 4 rings (SSSR count). The van der Waals surface area contributed by atoms with Crippen LogP contribution >= 0.6 is 0 Å². The maximum absolute atomic E-state index is 12.7. The smallest absolute Gasteiger partial charge is 0.279 e. The van der Waals surface area contributed by atoms with Gasteiger partial charge in [-0.15, -0.1) is 0 Å². The number of quaternary nitrogens is 1. The highest BCUT2D eigenvalue weighted by atomic mass is 16.3. The van der Waals surface area contributed by atoms with E-state index in [4.69, 9.17) is 4.42 Å². The number of anilines is 1. The lowest BCUT2D eigenvalue weighted by Gasteiger charge is -2.15. The molecule has 1 heterocycles. The largest absolute Gasteiger partial charge is 0.463 e. The van der Waals surface area contributed by atoms with Crippen molar-refractivity contribution >= 4 is 11.6 Å². The fourth-order valence-corrected chi connectivity index (χ4v) is 3.43. The van der Waals surface area contributed by atoms with Crippen LogP contribution < -0.4 is 10.6 Å². The lowest BCUT2D eigenvalue weighted by molar-refractivity contribution is -0.678. The third-order valence-corrected chi connectivity index (χ3v) is 4.83. The van der Waals surface area contributed by atoms with E-state index < -0.39 is 0 Å². The first-order valence-corrected chi connectivity index (χ1v) is 9.67. The molecular weight excluding hydrogens is 360 g/mol. The van der Waals surface area contributed by atoms with Crippen molar-refractivity contribution in [1.29, 1.82) is 0 Å². The Labute approximate surface area is 170 Å². The van der Waals surface area contributed by atoms with E-state index in [-0.39, 0.29) is 18.5 Å². The highest BCUT2D eigenvalue weighted by Gasteiger charge is 2.21. The van der Waals surface area contributed by atoms with E-state index >= 15 is 0 Å². The van der Waals surface area contributed by atoms with Gasteiger partial charge in [0, 0.05) is 16.8 Å². The second-order valence-electron chi connectivity index (χ2n) is 6.80. The number of carbonyl (C=O) groups excluding carboxylic acids is 1. The number of rotatable bonds is 7. The summed E-state index contributed by atoms with van der Waals surface area (Å²) in [4.78, 5) is 12.7. The summed E-state index contributed by atoms with van der Waals surface area (Å²) < 4.78 is 5.61. The van der Waals surface area contributed by atoms with Gasteiger partial charge in [-0.3, -0.25) is 4.79 Å². The van der Waals surface area contributed by atoms with Crippen LogP contribution in [0.1, 0.15) is 17.4 Å². The molecule has 0 saturated carbocycles. The number of benzene rings is 3. The molecule has 1 amide bonds.